The number of hydrogen-bond donors (Lipinski definition) is 1. The largest absolute Gasteiger partial charge is 0.472 e. The minimum Gasteiger partial charge on any atom is -0.472 e. The predicted molar refractivity (Wildman–Crippen MR) is 133 cm³/mol. The van der Waals surface area contributed by atoms with E-state index in [-0.39, 0.29) is 30.6 Å². The van der Waals surface area contributed by atoms with Gasteiger partial charge in [-0.2, -0.15) is 0 Å². The van der Waals surface area contributed by atoms with E-state index in [1.807, 2.05) is 37.3 Å². The van der Waals surface area contributed by atoms with E-state index in [9.17, 15) is 9.90 Å². The molecule has 1 aliphatic heterocycles. The molecule has 180 valence electrons. The molecule has 0 unspecified atom stereocenters. The third-order valence-electron chi connectivity index (χ3n) is 6.65. The van der Waals surface area contributed by atoms with Crippen molar-refractivity contribution < 1.29 is 14.6 Å². The summed E-state index contributed by atoms with van der Waals surface area (Å²) in [6.45, 7) is 6.24. The number of nitrogens with zero attached hydrogens (tertiary/aromatic N) is 3. The first kappa shape index (κ1) is 24.3. The van der Waals surface area contributed by atoms with Crippen molar-refractivity contribution in [3.8, 4) is 17.7 Å². The van der Waals surface area contributed by atoms with Gasteiger partial charge in [-0.15, -0.1) is 0 Å². The van der Waals surface area contributed by atoms with Crippen LogP contribution in [0.3, 0.4) is 0 Å². The van der Waals surface area contributed by atoms with Gasteiger partial charge in [0.1, 0.15) is 11.7 Å². The van der Waals surface area contributed by atoms with Crippen molar-refractivity contribution in [2.75, 3.05) is 33.3 Å². The smallest absolute Gasteiger partial charge is 0.259 e. The van der Waals surface area contributed by atoms with Crippen molar-refractivity contribution in [2.24, 2.45) is 11.8 Å². The quantitative estimate of drug-likeness (QED) is 0.642. The summed E-state index contributed by atoms with van der Waals surface area (Å²) in [7, 11) is 2.13. The molecule has 1 saturated carbocycles. The van der Waals surface area contributed by atoms with E-state index in [0.29, 0.717) is 30.0 Å². The maximum Gasteiger partial charge on any atom is 0.259 e. The summed E-state index contributed by atoms with van der Waals surface area (Å²) in [6, 6.07) is 11.5. The predicted octanol–water partition coefficient (Wildman–Crippen LogP) is 3.24. The maximum atomic E-state index is 13.5. The lowest BCUT2D eigenvalue weighted by atomic mass is 9.99. The van der Waals surface area contributed by atoms with Gasteiger partial charge in [0, 0.05) is 43.7 Å². The van der Waals surface area contributed by atoms with Crippen molar-refractivity contribution in [1.82, 2.24) is 14.8 Å². The SMILES string of the molecule is C[C@H]1CN([C@@H](C)CO)C(=O)c2cc(C#CCc3ccccc3)cnc2O[C@H]1CN(C)CC1CC1. The van der Waals surface area contributed by atoms with Crippen LogP contribution in [0.5, 0.6) is 5.88 Å². The first-order chi connectivity index (χ1) is 16.4. The van der Waals surface area contributed by atoms with Crippen LogP contribution in [0.2, 0.25) is 0 Å². The molecule has 1 N–H and O–H groups in total. The normalized spacial score (nSPS) is 21.1. The van der Waals surface area contributed by atoms with Crippen molar-refractivity contribution >= 4 is 5.91 Å². The Bertz CT molecular complexity index is 1040. The molecule has 1 aromatic heterocycles. The Morgan fingerprint density at radius 2 is 2.03 bits per heavy atom. The van der Waals surface area contributed by atoms with Gasteiger partial charge >= 0.3 is 0 Å². The molecule has 0 bridgehead atoms. The highest BCUT2D eigenvalue weighted by atomic mass is 16.5. The van der Waals surface area contributed by atoms with Crippen LogP contribution in [-0.2, 0) is 6.42 Å². The molecule has 2 aliphatic rings. The molecule has 2 aromatic rings. The Morgan fingerprint density at radius 3 is 2.74 bits per heavy atom. The molecule has 0 spiro atoms. The number of benzene rings is 1. The number of ether oxygens (including phenoxy) is 1. The van der Waals surface area contributed by atoms with Gasteiger partial charge in [0.15, 0.2) is 0 Å². The van der Waals surface area contributed by atoms with Gasteiger partial charge in [-0.3, -0.25) is 4.79 Å². The molecule has 1 fully saturated rings. The summed E-state index contributed by atoms with van der Waals surface area (Å²) in [5.74, 6) is 7.39. The number of aliphatic hydroxyl groups is 1. The Labute approximate surface area is 202 Å². The van der Waals surface area contributed by atoms with E-state index in [2.05, 4.69) is 35.7 Å². The average molecular weight is 462 g/mol. The first-order valence-corrected chi connectivity index (χ1v) is 12.2. The molecular weight excluding hydrogens is 426 g/mol. The molecule has 1 aromatic carbocycles. The Morgan fingerprint density at radius 1 is 1.26 bits per heavy atom. The van der Waals surface area contributed by atoms with Crippen LogP contribution in [0.1, 0.15) is 48.2 Å². The number of amides is 1. The number of carbonyl (C=O) groups excluding carboxylic acids is 1. The minimum absolute atomic E-state index is 0.0924. The number of carbonyl (C=O) groups is 1. The monoisotopic (exact) mass is 461 g/mol. The molecule has 6 heteroatoms. The highest BCUT2D eigenvalue weighted by Gasteiger charge is 2.34. The lowest BCUT2D eigenvalue weighted by molar-refractivity contribution is 0.0327. The van der Waals surface area contributed by atoms with Crippen molar-refractivity contribution in [3.63, 3.8) is 0 Å². The lowest BCUT2D eigenvalue weighted by Crippen LogP contribution is -2.50. The highest BCUT2D eigenvalue weighted by molar-refractivity contribution is 5.97. The van der Waals surface area contributed by atoms with Crippen LogP contribution < -0.4 is 4.74 Å². The van der Waals surface area contributed by atoms with Crippen LogP contribution in [0, 0.1) is 23.7 Å². The average Bonchev–Trinajstić information content (AvgIpc) is 3.65. The zero-order chi connectivity index (χ0) is 24.1. The van der Waals surface area contributed by atoms with Gasteiger partial charge in [-0.25, -0.2) is 4.98 Å². The van der Waals surface area contributed by atoms with Crippen LogP contribution >= 0.6 is 0 Å². The lowest BCUT2D eigenvalue weighted by Gasteiger charge is -2.37. The minimum atomic E-state index is -0.293. The van der Waals surface area contributed by atoms with Crippen LogP contribution in [0.25, 0.3) is 0 Å². The first-order valence-electron chi connectivity index (χ1n) is 12.2. The van der Waals surface area contributed by atoms with Gasteiger partial charge in [0.2, 0.25) is 5.88 Å². The number of likely N-dealkylation sites (N-methyl/N-ethyl adjacent to an activating group) is 1. The molecule has 2 heterocycles. The van der Waals surface area contributed by atoms with E-state index in [1.165, 1.54) is 12.8 Å². The standard InChI is InChI=1S/C28H35N3O3/c1-20-16-31(21(2)19-32)28(33)25-14-24(11-7-10-22-8-5-4-6-9-22)15-29-27(25)34-26(20)18-30(3)17-23-12-13-23/h4-6,8-9,14-15,20-21,23,26,32H,10,12-13,16-19H2,1-3H3/t20-,21-,26-/m0/s1. The second kappa shape index (κ2) is 11.0. The summed E-state index contributed by atoms with van der Waals surface area (Å²) in [5, 5.41) is 9.83. The van der Waals surface area contributed by atoms with Crippen molar-refractivity contribution in [3.05, 3.63) is 59.3 Å². The Hall–Kier alpha value is -2.88. The van der Waals surface area contributed by atoms with Gasteiger partial charge in [-0.1, -0.05) is 49.1 Å². The van der Waals surface area contributed by atoms with E-state index in [1.54, 1.807) is 17.2 Å². The molecule has 34 heavy (non-hydrogen) atoms. The van der Waals surface area contributed by atoms with Crippen LogP contribution in [0.15, 0.2) is 42.6 Å². The zero-order valence-electron chi connectivity index (χ0n) is 20.4. The summed E-state index contributed by atoms with van der Waals surface area (Å²) >= 11 is 0. The Kier molecular flexibility index (Phi) is 7.87. The number of rotatable bonds is 7. The van der Waals surface area contributed by atoms with Crippen molar-refractivity contribution in [2.45, 2.75) is 45.3 Å². The van der Waals surface area contributed by atoms with E-state index >= 15 is 0 Å². The molecule has 1 amide bonds. The van der Waals surface area contributed by atoms with Gasteiger partial charge in [-0.05, 0) is 44.4 Å². The summed E-state index contributed by atoms with van der Waals surface area (Å²) in [6.07, 6.45) is 4.82. The molecule has 3 atom stereocenters. The maximum absolute atomic E-state index is 13.5. The summed E-state index contributed by atoms with van der Waals surface area (Å²) in [5.41, 5.74) is 2.23. The Balaban J connectivity index is 1.59. The molecule has 0 radical (unpaired) electrons. The highest BCUT2D eigenvalue weighted by Crippen LogP contribution is 2.31. The number of fused-ring (bicyclic) bond motifs is 1. The fraction of sp³-hybridized carbons (Fsp3) is 0.500. The van der Waals surface area contributed by atoms with Gasteiger partial charge < -0.3 is 19.6 Å². The summed E-state index contributed by atoms with van der Waals surface area (Å²) in [4.78, 5) is 22.1. The van der Waals surface area contributed by atoms with E-state index in [4.69, 9.17) is 4.74 Å². The summed E-state index contributed by atoms with van der Waals surface area (Å²) < 4.78 is 6.37. The van der Waals surface area contributed by atoms with E-state index in [0.717, 1.165) is 24.6 Å². The third kappa shape index (κ3) is 6.16. The zero-order valence-corrected chi connectivity index (χ0v) is 20.4. The molecule has 4 rings (SSSR count). The molecule has 1 aliphatic carbocycles. The molecular formula is C28H35N3O3. The molecule has 0 saturated heterocycles. The number of pyridine rings is 1. The van der Waals surface area contributed by atoms with Crippen LogP contribution in [-0.4, -0.2) is 71.2 Å². The van der Waals surface area contributed by atoms with Gasteiger partial charge in [0.25, 0.3) is 5.91 Å². The number of aromatic nitrogens is 1. The fourth-order valence-corrected chi connectivity index (χ4v) is 4.36. The number of hydrogen-bond acceptors (Lipinski definition) is 5. The number of aliphatic hydroxyl groups excluding tert-OH is 1. The van der Waals surface area contributed by atoms with Gasteiger partial charge in [0.05, 0.1) is 12.6 Å². The second-order valence-corrected chi connectivity index (χ2v) is 9.83. The fourth-order valence-electron chi connectivity index (χ4n) is 4.36. The van der Waals surface area contributed by atoms with E-state index < -0.39 is 0 Å². The topological polar surface area (TPSA) is 65.9 Å². The third-order valence-corrected chi connectivity index (χ3v) is 6.65. The second-order valence-electron chi connectivity index (χ2n) is 9.83. The van der Waals surface area contributed by atoms with Crippen LogP contribution in [0.4, 0.5) is 0 Å². The van der Waals surface area contributed by atoms with Crippen molar-refractivity contribution in [1.29, 1.82) is 0 Å². The molecule has 6 nitrogen and oxygen atoms in total.